The molecule has 0 aromatic heterocycles. The van der Waals surface area contributed by atoms with Crippen molar-refractivity contribution in [1.82, 2.24) is 0 Å². The van der Waals surface area contributed by atoms with E-state index in [2.05, 4.69) is 4.43 Å². The highest BCUT2D eigenvalue weighted by molar-refractivity contribution is 6.15. The number of aliphatic hydroxyl groups is 3. The van der Waals surface area contributed by atoms with E-state index in [1.807, 2.05) is 6.92 Å². The predicted molar refractivity (Wildman–Crippen MR) is 32.8 cm³/mol. The number of rotatable bonds is 2. The maximum Gasteiger partial charge on any atom is 0.301 e. The fourth-order valence-corrected chi connectivity index (χ4v) is 0.274. The Morgan fingerprint density at radius 1 is 1.44 bits per heavy atom. The molecule has 0 amide bonds. The minimum atomic E-state index is -2.17. The van der Waals surface area contributed by atoms with Crippen LogP contribution in [0.15, 0.2) is 0 Å². The van der Waals surface area contributed by atoms with Crippen LogP contribution >= 0.6 is 0 Å². The van der Waals surface area contributed by atoms with E-state index in [-0.39, 0.29) is 0 Å². The predicted octanol–water partition coefficient (Wildman–Crippen LogP) is -2.74. The molecule has 6 heteroatoms. The van der Waals surface area contributed by atoms with Crippen LogP contribution in [0.25, 0.3) is 0 Å². The van der Waals surface area contributed by atoms with E-state index in [1.54, 1.807) is 0 Å². The average molecular weight is 156 g/mol. The Bertz CT molecular complexity index is 36.4. The Balaban J connectivity index is 0. The zero-order valence-electron chi connectivity index (χ0n) is 5.19. The SMILES string of the molecule is CCO[SiH2]O.OC(O)O. The molecule has 0 aromatic carbocycles. The van der Waals surface area contributed by atoms with Crippen molar-refractivity contribution in [2.24, 2.45) is 0 Å². The molecule has 4 N–H and O–H groups in total. The first-order valence-electron chi connectivity index (χ1n) is 2.38. The fraction of sp³-hybridized carbons (Fsp3) is 1.00. The summed E-state index contributed by atoms with van der Waals surface area (Å²) in [4.78, 5) is 7.98. The monoisotopic (exact) mass is 156 g/mol. The Labute approximate surface area is 55.6 Å². The van der Waals surface area contributed by atoms with Crippen molar-refractivity contribution in [3.8, 4) is 0 Å². The molecule has 0 radical (unpaired) electrons. The van der Waals surface area contributed by atoms with Gasteiger partial charge in [-0.25, -0.2) is 0 Å². The molecule has 0 unspecified atom stereocenters. The number of hydrogen-bond acceptors (Lipinski definition) is 5. The van der Waals surface area contributed by atoms with Gasteiger partial charge >= 0.3 is 10.0 Å². The summed E-state index contributed by atoms with van der Waals surface area (Å²) in [6.45, 7) is 0.353. The molecule has 0 bridgehead atoms. The summed E-state index contributed by atoms with van der Waals surface area (Å²) in [5.74, 6) is 0. The van der Waals surface area contributed by atoms with Crippen LogP contribution < -0.4 is 0 Å². The van der Waals surface area contributed by atoms with Gasteiger partial charge in [0.05, 0.1) is 0 Å². The summed E-state index contributed by atoms with van der Waals surface area (Å²) in [5.41, 5.74) is 0. The topological polar surface area (TPSA) is 90.2 Å². The standard InChI is InChI=1S/C2H8O2Si.CH4O3/c1-2-4-5-3;2-1(3)4/h3H,2,5H2,1H3;1-4H. The lowest BCUT2D eigenvalue weighted by Gasteiger charge is -1.84. The molecule has 0 aliphatic carbocycles. The molecule has 0 atom stereocenters. The van der Waals surface area contributed by atoms with E-state index in [0.717, 1.165) is 0 Å². The second-order valence-corrected chi connectivity index (χ2v) is 1.63. The molecule has 0 aliphatic heterocycles. The number of aliphatic hydroxyl groups excluding tert-OH is 1. The molecule has 5 nitrogen and oxygen atoms in total. The molecule has 0 heterocycles. The maximum absolute atomic E-state index is 7.98. The summed E-state index contributed by atoms with van der Waals surface area (Å²) in [7, 11) is -1.09. The van der Waals surface area contributed by atoms with E-state index in [0.29, 0.717) is 6.61 Å². The van der Waals surface area contributed by atoms with Crippen LogP contribution in [0.2, 0.25) is 0 Å². The molecule has 0 saturated heterocycles. The first-order valence-corrected chi connectivity index (χ1v) is 3.59. The van der Waals surface area contributed by atoms with Gasteiger partial charge in [-0.1, -0.05) is 0 Å². The van der Waals surface area contributed by atoms with Gasteiger partial charge in [-0.15, -0.1) is 0 Å². The van der Waals surface area contributed by atoms with Crippen LogP contribution in [-0.2, 0) is 4.43 Å². The van der Waals surface area contributed by atoms with Crippen LogP contribution in [0, 0.1) is 0 Å². The van der Waals surface area contributed by atoms with Crippen molar-refractivity contribution in [3.63, 3.8) is 0 Å². The van der Waals surface area contributed by atoms with Gasteiger partial charge in [0, 0.05) is 6.61 Å². The summed E-state index contributed by atoms with van der Waals surface area (Å²) in [5, 5.41) is 21.5. The van der Waals surface area contributed by atoms with E-state index < -0.39 is 16.5 Å². The fourth-order valence-electron chi connectivity index (χ4n) is 0.0913. The molecule has 0 aromatic rings. The van der Waals surface area contributed by atoms with Gasteiger partial charge in [0.15, 0.2) is 0 Å². The van der Waals surface area contributed by atoms with Crippen LogP contribution in [0.3, 0.4) is 0 Å². The number of hydrogen-bond donors (Lipinski definition) is 4. The lowest BCUT2D eigenvalue weighted by molar-refractivity contribution is -0.198. The molecule has 0 fully saturated rings. The third-order valence-electron chi connectivity index (χ3n) is 0.295. The first kappa shape index (κ1) is 11.8. The second kappa shape index (κ2) is 10.9. The minimum Gasteiger partial charge on any atom is -0.415 e. The van der Waals surface area contributed by atoms with Crippen LogP contribution in [0.4, 0.5) is 0 Å². The summed E-state index contributed by atoms with van der Waals surface area (Å²) in [6, 6.07) is 0. The van der Waals surface area contributed by atoms with E-state index in [9.17, 15) is 0 Å². The van der Waals surface area contributed by atoms with Gasteiger partial charge in [0.25, 0.3) is 6.48 Å². The molecule has 0 aliphatic rings. The molecule has 0 saturated carbocycles. The Kier molecular flexibility index (Phi) is 14.3. The van der Waals surface area contributed by atoms with E-state index in [1.165, 1.54) is 0 Å². The Hall–Kier alpha value is 0.0169. The van der Waals surface area contributed by atoms with E-state index in [4.69, 9.17) is 20.1 Å². The van der Waals surface area contributed by atoms with Gasteiger partial charge in [0.1, 0.15) is 0 Å². The minimum absolute atomic E-state index is 0.655. The zero-order valence-corrected chi connectivity index (χ0v) is 6.60. The normalized spacial score (nSPS) is 10.0. The van der Waals surface area contributed by atoms with Gasteiger partial charge in [-0.3, -0.25) is 0 Å². The molecule has 9 heavy (non-hydrogen) atoms. The van der Waals surface area contributed by atoms with E-state index >= 15 is 0 Å². The second-order valence-electron chi connectivity index (χ2n) is 0.968. The van der Waals surface area contributed by atoms with Gasteiger partial charge in [0.2, 0.25) is 0 Å². The third-order valence-corrected chi connectivity index (χ3v) is 0.886. The highest BCUT2D eigenvalue weighted by Crippen LogP contribution is 1.57. The average Bonchev–Trinajstić information content (AvgIpc) is 1.66. The highest BCUT2D eigenvalue weighted by atomic mass is 28.2. The summed E-state index contributed by atoms with van der Waals surface area (Å²) in [6.07, 6.45) is 0. The van der Waals surface area contributed by atoms with Crippen molar-refractivity contribution < 1.29 is 24.5 Å². The first-order chi connectivity index (χ1) is 4.15. The van der Waals surface area contributed by atoms with Crippen molar-refractivity contribution in [1.29, 1.82) is 0 Å². The molecular weight excluding hydrogens is 144 g/mol. The molecular formula is C3H12O5Si. The van der Waals surface area contributed by atoms with Gasteiger partial charge < -0.3 is 24.5 Å². The molecule has 58 valence electrons. The highest BCUT2D eigenvalue weighted by Gasteiger charge is 1.72. The molecule has 0 spiro atoms. The van der Waals surface area contributed by atoms with Crippen molar-refractivity contribution in [2.45, 2.75) is 13.4 Å². The Morgan fingerprint density at radius 3 is 1.78 bits per heavy atom. The van der Waals surface area contributed by atoms with Crippen molar-refractivity contribution >= 4 is 10.0 Å². The van der Waals surface area contributed by atoms with Crippen LogP contribution in [0.1, 0.15) is 6.92 Å². The van der Waals surface area contributed by atoms with Crippen molar-refractivity contribution in [2.75, 3.05) is 6.61 Å². The summed E-state index contributed by atoms with van der Waals surface area (Å²) < 4.78 is 4.53. The summed E-state index contributed by atoms with van der Waals surface area (Å²) >= 11 is 0. The van der Waals surface area contributed by atoms with Crippen LogP contribution in [-0.4, -0.2) is 43.2 Å². The van der Waals surface area contributed by atoms with Crippen molar-refractivity contribution in [3.05, 3.63) is 0 Å². The smallest absolute Gasteiger partial charge is 0.301 e. The van der Waals surface area contributed by atoms with Gasteiger partial charge in [-0.05, 0) is 6.92 Å². The lowest BCUT2D eigenvalue weighted by Crippen LogP contribution is -1.98. The third kappa shape index (κ3) is 71.3. The quantitative estimate of drug-likeness (QED) is 0.257. The lowest BCUT2D eigenvalue weighted by atomic mass is 10.9. The molecule has 0 rings (SSSR count). The zero-order chi connectivity index (χ0) is 7.70. The maximum atomic E-state index is 7.98. The van der Waals surface area contributed by atoms with Gasteiger partial charge in [-0.2, -0.15) is 0 Å². The van der Waals surface area contributed by atoms with Crippen LogP contribution in [0.5, 0.6) is 0 Å². The largest absolute Gasteiger partial charge is 0.415 e. The Morgan fingerprint density at radius 2 is 1.78 bits per heavy atom.